The molecule has 0 aliphatic heterocycles. The number of hydrogen-bond acceptors (Lipinski definition) is 0. The highest BCUT2D eigenvalue weighted by atomic mass is 19.4. The molecule has 0 heterocycles. The van der Waals surface area contributed by atoms with Gasteiger partial charge in [-0.1, -0.05) is 0 Å². The Balaban J connectivity index is 3.60. The van der Waals surface area contributed by atoms with Crippen LogP contribution in [0, 0.1) is 20.8 Å². The summed E-state index contributed by atoms with van der Waals surface area (Å²) in [4.78, 5) is 0. The lowest BCUT2D eigenvalue weighted by atomic mass is 9.93. The molecule has 0 radical (unpaired) electrons. The van der Waals surface area contributed by atoms with E-state index in [1.165, 1.54) is 0 Å². The lowest BCUT2D eigenvalue weighted by molar-refractivity contribution is -0.142. The molecule has 0 aliphatic carbocycles. The average molecular weight is 256 g/mol. The van der Waals surface area contributed by atoms with Crippen molar-refractivity contribution >= 4 is 0 Å². The maximum absolute atomic E-state index is 12.6. The maximum atomic E-state index is 12.6. The van der Waals surface area contributed by atoms with E-state index in [-0.39, 0.29) is 11.1 Å². The average Bonchev–Trinajstić information content (AvgIpc) is 2.07. The molecule has 0 saturated heterocycles. The van der Waals surface area contributed by atoms with Gasteiger partial charge in [0.1, 0.15) is 0 Å². The summed E-state index contributed by atoms with van der Waals surface area (Å²) in [5, 5.41) is 0. The van der Waals surface area contributed by atoms with Crippen molar-refractivity contribution < 1.29 is 26.3 Å². The third kappa shape index (κ3) is 2.56. The van der Waals surface area contributed by atoms with E-state index in [9.17, 15) is 26.3 Å². The van der Waals surface area contributed by atoms with Crippen LogP contribution in [0.1, 0.15) is 27.8 Å². The highest BCUT2D eigenvalue weighted by Crippen LogP contribution is 2.40. The maximum Gasteiger partial charge on any atom is 0.416 e. The van der Waals surface area contributed by atoms with Gasteiger partial charge < -0.3 is 0 Å². The number of alkyl halides is 6. The van der Waals surface area contributed by atoms with E-state index in [1.54, 1.807) is 0 Å². The van der Waals surface area contributed by atoms with Crippen LogP contribution in [0.15, 0.2) is 6.07 Å². The van der Waals surface area contributed by atoms with Crippen LogP contribution in [0.4, 0.5) is 26.3 Å². The Kier molecular flexibility index (Phi) is 3.20. The van der Waals surface area contributed by atoms with E-state index in [0.717, 1.165) is 20.8 Å². The van der Waals surface area contributed by atoms with Gasteiger partial charge in [0.05, 0.1) is 11.1 Å². The van der Waals surface area contributed by atoms with Gasteiger partial charge in [0, 0.05) is 0 Å². The van der Waals surface area contributed by atoms with Crippen LogP contribution >= 0.6 is 0 Å². The monoisotopic (exact) mass is 256 g/mol. The molecule has 0 N–H and O–H groups in total. The number of halogens is 6. The minimum Gasteiger partial charge on any atom is -0.166 e. The number of rotatable bonds is 0. The van der Waals surface area contributed by atoms with Crippen molar-refractivity contribution in [1.29, 1.82) is 0 Å². The molecule has 0 fully saturated rings. The van der Waals surface area contributed by atoms with Gasteiger partial charge >= 0.3 is 12.4 Å². The highest BCUT2D eigenvalue weighted by Gasteiger charge is 2.39. The number of aryl methyl sites for hydroxylation is 1. The molecule has 6 heteroatoms. The fraction of sp³-hybridized carbons (Fsp3) is 0.455. The summed E-state index contributed by atoms with van der Waals surface area (Å²) in [5.41, 5.74) is -3.16. The fourth-order valence-corrected chi connectivity index (χ4v) is 1.81. The molecule has 0 spiro atoms. The largest absolute Gasteiger partial charge is 0.416 e. The summed E-state index contributed by atoms with van der Waals surface area (Å²) in [6.45, 7) is 3.14. The van der Waals surface area contributed by atoms with Gasteiger partial charge in [-0.25, -0.2) is 0 Å². The van der Waals surface area contributed by atoms with Crippen LogP contribution in [0.25, 0.3) is 0 Å². The normalized spacial score (nSPS) is 13.0. The quantitative estimate of drug-likeness (QED) is 0.593. The fourth-order valence-electron chi connectivity index (χ4n) is 1.81. The van der Waals surface area contributed by atoms with Crippen molar-refractivity contribution in [1.82, 2.24) is 0 Å². The second-order valence-electron chi connectivity index (χ2n) is 3.86. The summed E-state index contributed by atoms with van der Waals surface area (Å²) in [6.07, 6.45) is -9.27. The second-order valence-corrected chi connectivity index (χ2v) is 3.86. The van der Waals surface area contributed by atoms with Crippen LogP contribution in [0.3, 0.4) is 0 Å². The molecule has 1 aromatic rings. The van der Waals surface area contributed by atoms with E-state index in [4.69, 9.17) is 0 Å². The Morgan fingerprint density at radius 2 is 1.24 bits per heavy atom. The molecule has 0 nitrogen and oxygen atoms in total. The molecule has 17 heavy (non-hydrogen) atoms. The number of benzene rings is 1. The van der Waals surface area contributed by atoms with Gasteiger partial charge in [-0.05, 0) is 43.5 Å². The lowest BCUT2D eigenvalue weighted by Crippen LogP contribution is -2.16. The van der Waals surface area contributed by atoms with Crippen LogP contribution in [-0.2, 0) is 12.4 Å². The third-order valence-corrected chi connectivity index (χ3v) is 2.69. The standard InChI is InChI=1S/C11H10F6/c1-5-4-8(10(12,13)14)6(2)7(3)9(5)11(15,16)17/h4H,1-3H3. The van der Waals surface area contributed by atoms with Crippen molar-refractivity contribution in [2.45, 2.75) is 33.1 Å². The smallest absolute Gasteiger partial charge is 0.166 e. The van der Waals surface area contributed by atoms with E-state index < -0.39 is 29.0 Å². The van der Waals surface area contributed by atoms with E-state index >= 15 is 0 Å². The van der Waals surface area contributed by atoms with E-state index in [1.807, 2.05) is 0 Å². The van der Waals surface area contributed by atoms with E-state index in [2.05, 4.69) is 0 Å². The van der Waals surface area contributed by atoms with Gasteiger partial charge in [-0.2, -0.15) is 26.3 Å². The van der Waals surface area contributed by atoms with Crippen molar-refractivity contribution in [3.63, 3.8) is 0 Å². The first-order valence-electron chi connectivity index (χ1n) is 4.71. The van der Waals surface area contributed by atoms with Gasteiger partial charge in [-0.15, -0.1) is 0 Å². The first kappa shape index (κ1) is 13.9. The number of hydrogen-bond donors (Lipinski definition) is 0. The minimum atomic E-state index is -4.64. The molecular formula is C11H10F6. The van der Waals surface area contributed by atoms with Crippen molar-refractivity contribution in [3.05, 3.63) is 33.9 Å². The topological polar surface area (TPSA) is 0 Å². The highest BCUT2D eigenvalue weighted by molar-refractivity contribution is 5.46. The summed E-state index contributed by atoms with van der Waals surface area (Å²) < 4.78 is 75.6. The molecule has 1 aromatic carbocycles. The Labute approximate surface area is 94.2 Å². The van der Waals surface area contributed by atoms with Crippen LogP contribution in [-0.4, -0.2) is 0 Å². The molecule has 0 aromatic heterocycles. The lowest BCUT2D eigenvalue weighted by Gasteiger charge is -2.19. The van der Waals surface area contributed by atoms with E-state index in [0.29, 0.717) is 6.07 Å². The van der Waals surface area contributed by atoms with Crippen molar-refractivity contribution in [2.24, 2.45) is 0 Å². The second kappa shape index (κ2) is 3.92. The summed E-state index contributed by atoms with van der Waals surface area (Å²) in [6, 6.07) is 0.547. The summed E-state index contributed by atoms with van der Waals surface area (Å²) >= 11 is 0. The van der Waals surface area contributed by atoms with Crippen LogP contribution < -0.4 is 0 Å². The van der Waals surface area contributed by atoms with Gasteiger partial charge in [-0.3, -0.25) is 0 Å². The van der Waals surface area contributed by atoms with Crippen LogP contribution in [0.2, 0.25) is 0 Å². The summed E-state index contributed by atoms with van der Waals surface area (Å²) in [7, 11) is 0. The Hall–Kier alpha value is -1.20. The molecule has 1 rings (SSSR count). The Bertz CT molecular complexity index is 439. The molecule has 0 aliphatic rings. The molecule has 0 amide bonds. The zero-order valence-corrected chi connectivity index (χ0v) is 9.35. The minimum absolute atomic E-state index is 0.371. The Morgan fingerprint density at radius 3 is 1.59 bits per heavy atom. The molecule has 0 bridgehead atoms. The first-order chi connectivity index (χ1) is 7.46. The van der Waals surface area contributed by atoms with Crippen molar-refractivity contribution in [3.8, 4) is 0 Å². The molecule has 0 atom stereocenters. The first-order valence-corrected chi connectivity index (χ1v) is 4.71. The predicted molar refractivity (Wildman–Crippen MR) is 50.7 cm³/mol. The zero-order valence-electron chi connectivity index (χ0n) is 9.35. The third-order valence-electron chi connectivity index (χ3n) is 2.69. The van der Waals surface area contributed by atoms with Gasteiger partial charge in [0.15, 0.2) is 0 Å². The molecule has 96 valence electrons. The molecule has 0 saturated carbocycles. The summed E-state index contributed by atoms with van der Waals surface area (Å²) in [5.74, 6) is 0. The zero-order chi connectivity index (χ0) is 13.6. The predicted octanol–water partition coefficient (Wildman–Crippen LogP) is 4.65. The van der Waals surface area contributed by atoms with Gasteiger partial charge in [0.2, 0.25) is 0 Å². The Morgan fingerprint density at radius 1 is 0.765 bits per heavy atom. The molecule has 0 unspecified atom stereocenters. The molecular weight excluding hydrogens is 246 g/mol. The van der Waals surface area contributed by atoms with Gasteiger partial charge in [0.25, 0.3) is 0 Å². The van der Waals surface area contributed by atoms with Crippen molar-refractivity contribution in [2.75, 3.05) is 0 Å². The SMILES string of the molecule is Cc1cc(C(F)(F)F)c(C)c(C)c1C(F)(F)F. The van der Waals surface area contributed by atoms with Crippen LogP contribution in [0.5, 0.6) is 0 Å².